The van der Waals surface area contributed by atoms with Crippen LogP contribution in [0.3, 0.4) is 0 Å². The van der Waals surface area contributed by atoms with Gasteiger partial charge in [0.1, 0.15) is 5.60 Å². The molecule has 0 atom stereocenters. The first-order chi connectivity index (χ1) is 16.7. The fourth-order valence-electron chi connectivity index (χ4n) is 3.68. The van der Waals surface area contributed by atoms with E-state index in [4.69, 9.17) is 9.16 Å². The van der Waals surface area contributed by atoms with E-state index in [1.807, 2.05) is 66.7 Å². The molecule has 0 heterocycles. The first-order valence-electron chi connectivity index (χ1n) is 11.5. The molecular formula is C29H30O5Si. The molecule has 0 unspecified atom stereocenters. The molecule has 0 aromatic heterocycles. The van der Waals surface area contributed by atoms with Crippen molar-refractivity contribution in [2.24, 2.45) is 0 Å². The van der Waals surface area contributed by atoms with Crippen LogP contribution in [0.1, 0.15) is 60.3 Å². The van der Waals surface area contributed by atoms with Crippen LogP contribution in [0.4, 0.5) is 0 Å². The van der Waals surface area contributed by atoms with Crippen LogP contribution < -0.4 is 0 Å². The molecule has 0 saturated carbocycles. The molecule has 0 aliphatic carbocycles. The van der Waals surface area contributed by atoms with Gasteiger partial charge in [0.05, 0.1) is 12.2 Å². The van der Waals surface area contributed by atoms with Gasteiger partial charge >= 0.3 is 11.9 Å². The van der Waals surface area contributed by atoms with Crippen LogP contribution in [0.5, 0.6) is 0 Å². The summed E-state index contributed by atoms with van der Waals surface area (Å²) in [4.78, 5) is 24.0. The van der Waals surface area contributed by atoms with Crippen molar-refractivity contribution in [3.63, 3.8) is 0 Å². The minimum Gasteiger partial charge on any atom is -0.478 e. The maximum atomic E-state index is 12.1. The Morgan fingerprint density at radius 1 is 0.886 bits per heavy atom. The Morgan fingerprint density at radius 2 is 1.46 bits per heavy atom. The summed E-state index contributed by atoms with van der Waals surface area (Å²) in [6, 6.07) is 24.7. The average Bonchev–Trinajstić information content (AvgIpc) is 2.84. The number of benzene rings is 3. The predicted molar refractivity (Wildman–Crippen MR) is 138 cm³/mol. The van der Waals surface area contributed by atoms with E-state index in [2.05, 4.69) is 20.8 Å². The Hall–Kier alpha value is -3.48. The molecule has 3 aromatic rings. The molecule has 5 nitrogen and oxygen atoms in total. The zero-order valence-corrected chi connectivity index (χ0v) is 21.4. The van der Waals surface area contributed by atoms with Gasteiger partial charge in [-0.3, -0.25) is 0 Å². The standard InChI is InChI=1S/C29H30O5Si/c1-5-33-26(30)17-16-21-18-22(27(31)32)20-25(19-21)29(34-35-28(2,3)4,23-12-8-6-9-13-23)24-14-10-7-11-15-24/h6-20H,5H2,1-4H3,(H,31,32). The van der Waals surface area contributed by atoms with Crippen molar-refractivity contribution in [3.8, 4) is 0 Å². The lowest BCUT2D eigenvalue weighted by Crippen LogP contribution is -2.36. The summed E-state index contributed by atoms with van der Waals surface area (Å²) >= 11 is 0. The minimum atomic E-state index is -1.06. The van der Waals surface area contributed by atoms with Crippen molar-refractivity contribution >= 4 is 27.8 Å². The second-order valence-corrected chi connectivity index (χ2v) is 11.0. The number of carbonyl (C=O) groups is 2. The second kappa shape index (κ2) is 11.3. The molecule has 0 fully saturated rings. The molecule has 1 N–H and O–H groups in total. The third-order valence-electron chi connectivity index (χ3n) is 5.18. The largest absolute Gasteiger partial charge is 0.478 e. The number of carboxylic acids is 1. The van der Waals surface area contributed by atoms with Gasteiger partial charge in [-0.15, -0.1) is 0 Å². The number of carboxylic acid groups (broad SMARTS) is 1. The predicted octanol–water partition coefficient (Wildman–Crippen LogP) is 6.11. The third kappa shape index (κ3) is 6.56. The Bertz CT molecular complexity index is 1140. The molecule has 0 bridgehead atoms. The van der Waals surface area contributed by atoms with Crippen LogP contribution in [0.2, 0.25) is 5.04 Å². The normalized spacial score (nSPS) is 12.0. The van der Waals surface area contributed by atoms with Crippen LogP contribution in [0.15, 0.2) is 84.9 Å². The van der Waals surface area contributed by atoms with Crippen molar-refractivity contribution in [1.29, 1.82) is 0 Å². The van der Waals surface area contributed by atoms with Crippen LogP contribution in [-0.2, 0) is 19.6 Å². The zero-order chi connectivity index (χ0) is 25.5. The van der Waals surface area contributed by atoms with E-state index in [9.17, 15) is 14.7 Å². The number of carbonyl (C=O) groups excluding carboxylic acids is 1. The first-order valence-corrected chi connectivity index (χ1v) is 12.4. The summed E-state index contributed by atoms with van der Waals surface area (Å²) in [6.45, 7) is 8.31. The first kappa shape index (κ1) is 26.1. The lowest BCUT2D eigenvalue weighted by atomic mass is 9.79. The fourth-order valence-corrected chi connectivity index (χ4v) is 4.49. The van der Waals surface area contributed by atoms with Crippen molar-refractivity contribution in [2.45, 2.75) is 38.3 Å². The molecule has 6 heteroatoms. The van der Waals surface area contributed by atoms with E-state index in [-0.39, 0.29) is 27.0 Å². The fraction of sp³-hybridized carbons (Fsp3) is 0.241. The van der Waals surface area contributed by atoms with Crippen molar-refractivity contribution < 1.29 is 23.9 Å². The van der Waals surface area contributed by atoms with Crippen molar-refractivity contribution in [3.05, 3.63) is 113 Å². The van der Waals surface area contributed by atoms with E-state index >= 15 is 0 Å². The molecule has 35 heavy (non-hydrogen) atoms. The summed E-state index contributed by atoms with van der Waals surface area (Å²) in [7, 11) is 0.115. The van der Waals surface area contributed by atoms with Gasteiger partial charge < -0.3 is 14.3 Å². The Labute approximate surface area is 209 Å². The van der Waals surface area contributed by atoms with Crippen LogP contribution in [0.25, 0.3) is 6.08 Å². The molecule has 2 radical (unpaired) electrons. The van der Waals surface area contributed by atoms with Crippen LogP contribution >= 0.6 is 0 Å². The molecule has 3 aromatic carbocycles. The summed E-state index contributed by atoms with van der Waals surface area (Å²) in [5, 5.41) is 9.79. The number of aromatic carboxylic acids is 1. The van der Waals surface area contributed by atoms with Gasteiger partial charge in [-0.2, -0.15) is 0 Å². The summed E-state index contributed by atoms with van der Waals surface area (Å²) in [6.07, 6.45) is 2.87. The highest BCUT2D eigenvalue weighted by Gasteiger charge is 2.39. The molecule has 0 aliphatic heterocycles. The van der Waals surface area contributed by atoms with Gasteiger partial charge in [0.15, 0.2) is 0 Å². The monoisotopic (exact) mass is 486 g/mol. The number of ether oxygens (including phenoxy) is 1. The van der Waals surface area contributed by atoms with Crippen molar-refractivity contribution in [2.75, 3.05) is 6.61 Å². The number of hydrogen-bond donors (Lipinski definition) is 1. The number of rotatable bonds is 9. The maximum absolute atomic E-state index is 12.1. The van der Waals surface area contributed by atoms with Gasteiger partial charge in [-0.1, -0.05) is 81.4 Å². The van der Waals surface area contributed by atoms with E-state index in [0.717, 1.165) is 11.1 Å². The molecule has 0 amide bonds. The molecular weight excluding hydrogens is 456 g/mol. The lowest BCUT2D eigenvalue weighted by Gasteiger charge is -2.38. The summed E-state index contributed by atoms with van der Waals surface area (Å²) < 4.78 is 11.8. The third-order valence-corrected chi connectivity index (χ3v) is 6.20. The summed E-state index contributed by atoms with van der Waals surface area (Å²) in [5.74, 6) is -1.55. The molecule has 0 saturated heterocycles. The summed E-state index contributed by atoms with van der Waals surface area (Å²) in [5.41, 5.74) is 2.02. The van der Waals surface area contributed by atoms with E-state index in [1.54, 1.807) is 19.1 Å². The van der Waals surface area contributed by atoms with Gasteiger partial charge in [0.25, 0.3) is 0 Å². The maximum Gasteiger partial charge on any atom is 0.335 e. The van der Waals surface area contributed by atoms with E-state index < -0.39 is 17.5 Å². The van der Waals surface area contributed by atoms with E-state index in [1.165, 1.54) is 12.1 Å². The highest BCUT2D eigenvalue weighted by atomic mass is 28.2. The quantitative estimate of drug-likeness (QED) is 0.171. The van der Waals surface area contributed by atoms with Crippen LogP contribution in [-0.4, -0.2) is 33.4 Å². The molecule has 0 aliphatic rings. The van der Waals surface area contributed by atoms with E-state index in [0.29, 0.717) is 11.1 Å². The Morgan fingerprint density at radius 3 is 1.94 bits per heavy atom. The smallest absolute Gasteiger partial charge is 0.335 e. The SMILES string of the molecule is CCOC(=O)C=Cc1cc(C(=O)O)cc(C(O[Si]C(C)(C)C)(c2ccccc2)c2ccccc2)c1. The molecule has 0 spiro atoms. The zero-order valence-electron chi connectivity index (χ0n) is 20.4. The minimum absolute atomic E-state index is 0.102. The van der Waals surface area contributed by atoms with Crippen LogP contribution in [0, 0.1) is 0 Å². The van der Waals surface area contributed by atoms with Crippen molar-refractivity contribution in [1.82, 2.24) is 0 Å². The topological polar surface area (TPSA) is 72.8 Å². The average molecular weight is 487 g/mol. The van der Waals surface area contributed by atoms with Gasteiger partial charge in [0, 0.05) is 6.08 Å². The van der Waals surface area contributed by atoms with Gasteiger partial charge in [-0.05, 0) is 58.5 Å². The Balaban J connectivity index is 2.32. The van der Waals surface area contributed by atoms with Gasteiger partial charge in [-0.25, -0.2) is 9.59 Å². The second-order valence-electron chi connectivity index (χ2n) is 9.10. The molecule has 180 valence electrons. The molecule has 3 rings (SSSR count). The number of hydrogen-bond acceptors (Lipinski definition) is 4. The number of esters is 1. The highest BCUT2D eigenvalue weighted by molar-refractivity contribution is 6.32. The highest BCUT2D eigenvalue weighted by Crippen LogP contribution is 2.42. The Kier molecular flexibility index (Phi) is 8.43. The van der Waals surface area contributed by atoms with Gasteiger partial charge in [0.2, 0.25) is 9.76 Å². The lowest BCUT2D eigenvalue weighted by molar-refractivity contribution is -0.137.